The summed E-state index contributed by atoms with van der Waals surface area (Å²) in [5.74, 6) is -2.29. The van der Waals surface area contributed by atoms with E-state index in [-0.39, 0.29) is 18.7 Å². The topological polar surface area (TPSA) is 74.6 Å². The van der Waals surface area contributed by atoms with Crippen molar-refractivity contribution in [3.05, 3.63) is 0 Å². The predicted molar refractivity (Wildman–Crippen MR) is 47.9 cm³/mol. The highest BCUT2D eigenvalue weighted by Gasteiger charge is 2.44. The Kier molecular flexibility index (Phi) is 4.77. The molecule has 0 atom stereocenters. The van der Waals surface area contributed by atoms with Crippen LogP contribution in [0.1, 0.15) is 26.2 Å². The zero-order valence-corrected chi connectivity index (χ0v) is 8.17. The normalized spacial score (nSPS) is 11.2. The molecule has 0 saturated heterocycles. The summed E-state index contributed by atoms with van der Waals surface area (Å²) in [6.07, 6.45) is 0.556. The second-order valence-corrected chi connectivity index (χ2v) is 3.22. The minimum absolute atomic E-state index is 0.0779. The van der Waals surface area contributed by atoms with Crippen LogP contribution < -0.4 is 0 Å². The lowest BCUT2D eigenvalue weighted by atomic mass is 9.81. The van der Waals surface area contributed by atoms with E-state index >= 15 is 0 Å². The number of halogens is 1. The molecule has 0 amide bonds. The number of hydrogen-bond donors (Lipinski definition) is 2. The highest BCUT2D eigenvalue weighted by molar-refractivity contribution is 6.17. The third kappa shape index (κ3) is 2.59. The first-order valence-electron chi connectivity index (χ1n) is 4.04. The van der Waals surface area contributed by atoms with Gasteiger partial charge < -0.3 is 10.2 Å². The molecular weight excluding hydrogens is 196 g/mol. The van der Waals surface area contributed by atoms with E-state index in [1.807, 2.05) is 0 Å². The molecule has 0 unspecified atom stereocenters. The minimum atomic E-state index is -1.66. The molecule has 0 aromatic carbocycles. The number of alkyl halides is 1. The Balaban J connectivity index is 4.66. The van der Waals surface area contributed by atoms with Gasteiger partial charge in [0, 0.05) is 5.88 Å². The quantitative estimate of drug-likeness (QED) is 0.513. The third-order valence-electron chi connectivity index (χ3n) is 2.16. The van der Waals surface area contributed by atoms with Gasteiger partial charge in [0.05, 0.1) is 0 Å². The van der Waals surface area contributed by atoms with Crippen LogP contribution in [-0.2, 0) is 9.59 Å². The summed E-state index contributed by atoms with van der Waals surface area (Å²) >= 11 is 5.39. The Hall–Kier alpha value is -0.770. The van der Waals surface area contributed by atoms with Crippen LogP contribution in [0.3, 0.4) is 0 Å². The SMILES string of the molecule is CCC(CCCCl)(C(=O)O)C(=O)O. The molecule has 76 valence electrons. The van der Waals surface area contributed by atoms with Crippen molar-refractivity contribution in [2.45, 2.75) is 26.2 Å². The first-order valence-corrected chi connectivity index (χ1v) is 4.57. The van der Waals surface area contributed by atoms with Crippen LogP contribution in [0.4, 0.5) is 0 Å². The smallest absolute Gasteiger partial charge is 0.321 e. The maximum Gasteiger partial charge on any atom is 0.321 e. The lowest BCUT2D eigenvalue weighted by molar-refractivity contribution is -0.165. The Labute approximate surface area is 81.5 Å². The second kappa shape index (κ2) is 5.07. The summed E-state index contributed by atoms with van der Waals surface area (Å²) in [5.41, 5.74) is -1.66. The van der Waals surface area contributed by atoms with Gasteiger partial charge in [0.2, 0.25) is 0 Å². The largest absolute Gasteiger partial charge is 0.480 e. The molecule has 0 spiro atoms. The molecule has 0 saturated carbocycles. The van der Waals surface area contributed by atoms with E-state index in [9.17, 15) is 9.59 Å². The number of rotatable bonds is 6. The van der Waals surface area contributed by atoms with E-state index in [2.05, 4.69) is 0 Å². The molecular formula is C8H13ClO4. The molecule has 0 aliphatic rings. The van der Waals surface area contributed by atoms with Gasteiger partial charge in [-0.2, -0.15) is 0 Å². The minimum Gasteiger partial charge on any atom is -0.480 e. The van der Waals surface area contributed by atoms with Gasteiger partial charge in [-0.15, -0.1) is 11.6 Å². The summed E-state index contributed by atoms with van der Waals surface area (Å²) in [6, 6.07) is 0. The average molecular weight is 209 g/mol. The molecule has 0 heterocycles. The molecule has 2 N–H and O–H groups in total. The number of aliphatic carboxylic acids is 2. The lowest BCUT2D eigenvalue weighted by Crippen LogP contribution is -2.38. The van der Waals surface area contributed by atoms with E-state index < -0.39 is 17.4 Å². The van der Waals surface area contributed by atoms with E-state index in [1.54, 1.807) is 6.92 Å². The molecule has 0 aromatic heterocycles. The number of hydrogen-bond acceptors (Lipinski definition) is 2. The number of carbonyl (C=O) groups is 2. The van der Waals surface area contributed by atoms with Crippen LogP contribution >= 0.6 is 11.6 Å². The van der Waals surface area contributed by atoms with Crippen LogP contribution in [0, 0.1) is 5.41 Å². The summed E-state index contributed by atoms with van der Waals surface area (Å²) < 4.78 is 0. The zero-order chi connectivity index (χ0) is 10.5. The Morgan fingerprint density at radius 2 is 1.77 bits per heavy atom. The van der Waals surface area contributed by atoms with Crippen LogP contribution in [0.15, 0.2) is 0 Å². The van der Waals surface area contributed by atoms with Gasteiger partial charge >= 0.3 is 11.9 Å². The molecule has 4 nitrogen and oxygen atoms in total. The molecule has 0 radical (unpaired) electrons. The van der Waals surface area contributed by atoms with Gasteiger partial charge in [-0.05, 0) is 19.3 Å². The van der Waals surface area contributed by atoms with E-state index in [4.69, 9.17) is 21.8 Å². The summed E-state index contributed by atoms with van der Waals surface area (Å²) in [4.78, 5) is 21.6. The molecule has 0 aliphatic heterocycles. The van der Waals surface area contributed by atoms with Gasteiger partial charge in [0.15, 0.2) is 5.41 Å². The van der Waals surface area contributed by atoms with Crippen molar-refractivity contribution in [1.82, 2.24) is 0 Å². The molecule has 0 aliphatic carbocycles. The first kappa shape index (κ1) is 12.2. The maximum absolute atomic E-state index is 10.8. The van der Waals surface area contributed by atoms with Gasteiger partial charge in [0.25, 0.3) is 0 Å². The Morgan fingerprint density at radius 1 is 1.31 bits per heavy atom. The van der Waals surface area contributed by atoms with Crippen molar-refractivity contribution >= 4 is 23.5 Å². The van der Waals surface area contributed by atoms with Crippen molar-refractivity contribution in [1.29, 1.82) is 0 Å². The van der Waals surface area contributed by atoms with E-state index in [0.717, 1.165) is 0 Å². The summed E-state index contributed by atoms with van der Waals surface area (Å²) in [6.45, 7) is 1.55. The number of carboxylic acid groups (broad SMARTS) is 2. The molecule has 0 aromatic rings. The van der Waals surface area contributed by atoms with Crippen molar-refractivity contribution in [2.24, 2.45) is 5.41 Å². The van der Waals surface area contributed by atoms with E-state index in [0.29, 0.717) is 6.42 Å². The number of carboxylic acids is 2. The first-order chi connectivity index (χ1) is 6.01. The summed E-state index contributed by atoms with van der Waals surface area (Å²) in [7, 11) is 0. The lowest BCUT2D eigenvalue weighted by Gasteiger charge is -2.22. The fourth-order valence-corrected chi connectivity index (χ4v) is 1.29. The van der Waals surface area contributed by atoms with Gasteiger partial charge in [-0.3, -0.25) is 9.59 Å². The van der Waals surface area contributed by atoms with Crippen LogP contribution in [0.2, 0.25) is 0 Å². The molecule has 0 fully saturated rings. The molecule has 13 heavy (non-hydrogen) atoms. The van der Waals surface area contributed by atoms with Crippen molar-refractivity contribution in [3.8, 4) is 0 Å². The standard InChI is InChI=1S/C8H13ClO4/c1-2-8(6(10)11,7(12)13)4-3-5-9/h2-5H2,1H3,(H,10,11)(H,12,13). The Bertz CT molecular complexity index is 188. The third-order valence-corrected chi connectivity index (χ3v) is 2.43. The zero-order valence-electron chi connectivity index (χ0n) is 7.42. The molecule has 5 heteroatoms. The van der Waals surface area contributed by atoms with Crippen molar-refractivity contribution in [3.63, 3.8) is 0 Å². The van der Waals surface area contributed by atoms with Gasteiger partial charge in [-0.1, -0.05) is 6.92 Å². The summed E-state index contributed by atoms with van der Waals surface area (Å²) in [5, 5.41) is 17.6. The monoisotopic (exact) mass is 208 g/mol. The van der Waals surface area contributed by atoms with Crippen molar-refractivity contribution in [2.75, 3.05) is 5.88 Å². The van der Waals surface area contributed by atoms with E-state index in [1.165, 1.54) is 0 Å². The van der Waals surface area contributed by atoms with Crippen LogP contribution in [-0.4, -0.2) is 28.0 Å². The van der Waals surface area contributed by atoms with Gasteiger partial charge in [0.1, 0.15) is 0 Å². The second-order valence-electron chi connectivity index (χ2n) is 2.84. The average Bonchev–Trinajstić information content (AvgIpc) is 2.05. The highest BCUT2D eigenvalue weighted by atomic mass is 35.5. The fraction of sp³-hybridized carbons (Fsp3) is 0.750. The van der Waals surface area contributed by atoms with Gasteiger partial charge in [-0.25, -0.2) is 0 Å². The maximum atomic E-state index is 10.8. The highest BCUT2D eigenvalue weighted by Crippen LogP contribution is 2.29. The molecule has 0 bridgehead atoms. The Morgan fingerprint density at radius 3 is 2.00 bits per heavy atom. The van der Waals surface area contributed by atoms with Crippen LogP contribution in [0.25, 0.3) is 0 Å². The fourth-order valence-electron chi connectivity index (χ4n) is 1.15. The predicted octanol–water partition coefficient (Wildman–Crippen LogP) is 1.57. The molecule has 0 rings (SSSR count). The van der Waals surface area contributed by atoms with Crippen molar-refractivity contribution < 1.29 is 19.8 Å². The van der Waals surface area contributed by atoms with Crippen LogP contribution in [0.5, 0.6) is 0 Å².